The number of nitrogens with zero attached hydrogens (tertiary/aromatic N) is 3. The van der Waals surface area contributed by atoms with E-state index in [0.717, 1.165) is 32.5 Å². The molecule has 1 N–H and O–H groups in total. The van der Waals surface area contributed by atoms with Crippen LogP contribution in [0.1, 0.15) is 61.3 Å². The van der Waals surface area contributed by atoms with Gasteiger partial charge in [-0.15, -0.1) is 0 Å². The fraction of sp³-hybridized carbons (Fsp3) is 0.875. The van der Waals surface area contributed by atoms with Crippen LogP contribution in [0.5, 0.6) is 0 Å². The Labute approximate surface area is 199 Å². The first-order chi connectivity index (χ1) is 15.3. The summed E-state index contributed by atoms with van der Waals surface area (Å²) < 4.78 is 11.0. The van der Waals surface area contributed by atoms with Crippen molar-refractivity contribution in [2.24, 2.45) is 5.41 Å². The maximum Gasteiger partial charge on any atom is 0.410 e. The van der Waals surface area contributed by atoms with Gasteiger partial charge in [-0.25, -0.2) is 4.79 Å². The number of amides is 3. The molecule has 0 saturated carbocycles. The van der Waals surface area contributed by atoms with Gasteiger partial charge in [-0.1, -0.05) is 20.8 Å². The molecular weight excluding hydrogens is 424 g/mol. The van der Waals surface area contributed by atoms with Crippen molar-refractivity contribution in [3.05, 3.63) is 0 Å². The van der Waals surface area contributed by atoms with E-state index >= 15 is 0 Å². The molecule has 33 heavy (non-hydrogen) atoms. The quantitative estimate of drug-likeness (QED) is 0.576. The zero-order chi connectivity index (χ0) is 24.8. The van der Waals surface area contributed by atoms with E-state index in [0.29, 0.717) is 26.2 Å². The smallest absolute Gasteiger partial charge is 0.410 e. The Balaban J connectivity index is 1.70. The summed E-state index contributed by atoms with van der Waals surface area (Å²) in [5, 5.41) is 2.90. The van der Waals surface area contributed by atoms with Crippen molar-refractivity contribution >= 4 is 17.9 Å². The molecular formula is C24H44N4O5. The van der Waals surface area contributed by atoms with Crippen molar-refractivity contribution in [2.45, 2.75) is 79.0 Å². The summed E-state index contributed by atoms with van der Waals surface area (Å²) in [4.78, 5) is 43.5. The van der Waals surface area contributed by atoms with E-state index < -0.39 is 11.6 Å². The minimum Gasteiger partial charge on any atom is -0.444 e. The van der Waals surface area contributed by atoms with Gasteiger partial charge in [0.2, 0.25) is 11.8 Å². The lowest BCUT2D eigenvalue weighted by Gasteiger charge is -2.35. The molecule has 0 aliphatic carbocycles. The topological polar surface area (TPSA) is 91.4 Å². The fourth-order valence-corrected chi connectivity index (χ4v) is 4.12. The zero-order valence-corrected chi connectivity index (χ0v) is 21.6. The molecule has 0 aromatic rings. The van der Waals surface area contributed by atoms with E-state index in [4.69, 9.17) is 9.47 Å². The Hall–Kier alpha value is -1.87. The Morgan fingerprint density at radius 2 is 1.64 bits per heavy atom. The summed E-state index contributed by atoms with van der Waals surface area (Å²) in [6.07, 6.45) is 1.74. The van der Waals surface area contributed by atoms with Gasteiger partial charge >= 0.3 is 6.09 Å². The highest BCUT2D eigenvalue weighted by atomic mass is 16.6. The Morgan fingerprint density at radius 3 is 2.15 bits per heavy atom. The van der Waals surface area contributed by atoms with Crippen molar-refractivity contribution < 1.29 is 23.9 Å². The summed E-state index contributed by atoms with van der Waals surface area (Å²) in [5.41, 5.74) is -0.880. The Kier molecular flexibility index (Phi) is 9.55. The molecule has 3 amide bonds. The number of piperazine rings is 1. The minimum absolute atomic E-state index is 0.0105. The number of carbonyl (C=O) groups is 3. The molecule has 9 heteroatoms. The second-order valence-electron chi connectivity index (χ2n) is 11.3. The maximum atomic E-state index is 13.1. The van der Waals surface area contributed by atoms with Crippen LogP contribution >= 0.6 is 0 Å². The van der Waals surface area contributed by atoms with E-state index in [9.17, 15) is 14.4 Å². The first-order valence-corrected chi connectivity index (χ1v) is 12.2. The molecule has 2 aliphatic heterocycles. The summed E-state index contributed by atoms with van der Waals surface area (Å²) in [6.45, 7) is 18.0. The third-order valence-corrected chi connectivity index (χ3v) is 6.06. The van der Waals surface area contributed by atoms with E-state index in [2.05, 4.69) is 17.1 Å². The summed E-state index contributed by atoms with van der Waals surface area (Å²) in [7, 11) is 0. The number of likely N-dealkylation sites (tertiary alicyclic amines) is 1. The molecule has 0 spiro atoms. The number of hydrogen-bond donors (Lipinski definition) is 1. The first kappa shape index (κ1) is 27.4. The summed E-state index contributed by atoms with van der Waals surface area (Å²) >= 11 is 0. The van der Waals surface area contributed by atoms with Crippen molar-refractivity contribution in [2.75, 3.05) is 52.5 Å². The third kappa shape index (κ3) is 8.77. The van der Waals surface area contributed by atoms with Crippen LogP contribution in [0.3, 0.4) is 0 Å². The van der Waals surface area contributed by atoms with Crippen LogP contribution in [-0.4, -0.2) is 103 Å². The van der Waals surface area contributed by atoms with Gasteiger partial charge < -0.3 is 24.6 Å². The SMILES string of the molecule is CC1CCCN1C(=O)C(NC(=O)COCCN1CCN(C(=O)OC(C)(C)C)CC1)C(C)(C)C. The highest BCUT2D eigenvalue weighted by molar-refractivity contribution is 5.89. The van der Waals surface area contributed by atoms with Crippen LogP contribution in [0, 0.1) is 5.41 Å². The molecule has 0 radical (unpaired) electrons. The molecule has 2 atom stereocenters. The average Bonchev–Trinajstić information content (AvgIpc) is 3.13. The number of carbonyl (C=O) groups excluding carboxylic acids is 3. The molecule has 190 valence electrons. The molecule has 2 unspecified atom stereocenters. The standard InChI is InChI=1S/C24H44N4O5/c1-18-9-8-10-28(18)21(30)20(23(2,3)4)25-19(29)17-32-16-15-26-11-13-27(14-12-26)22(31)33-24(5,6)7/h18,20H,8-17H2,1-7H3,(H,25,29). The Morgan fingerprint density at radius 1 is 1.00 bits per heavy atom. The minimum atomic E-state index is -0.574. The molecule has 9 nitrogen and oxygen atoms in total. The van der Waals surface area contributed by atoms with Crippen molar-refractivity contribution in [3.8, 4) is 0 Å². The molecule has 2 saturated heterocycles. The van der Waals surface area contributed by atoms with E-state index in [-0.39, 0.29) is 36.0 Å². The third-order valence-electron chi connectivity index (χ3n) is 6.06. The van der Waals surface area contributed by atoms with Gasteiger partial charge in [0.1, 0.15) is 18.2 Å². The van der Waals surface area contributed by atoms with Gasteiger partial charge in [-0.3, -0.25) is 14.5 Å². The predicted molar refractivity (Wildman–Crippen MR) is 127 cm³/mol. The van der Waals surface area contributed by atoms with E-state index in [1.165, 1.54) is 0 Å². The molecule has 0 aromatic carbocycles. The molecule has 0 aromatic heterocycles. The Bertz CT molecular complexity index is 677. The molecule has 0 bridgehead atoms. The number of rotatable bonds is 7. The van der Waals surface area contributed by atoms with Gasteiger partial charge in [-0.2, -0.15) is 0 Å². The zero-order valence-electron chi connectivity index (χ0n) is 21.6. The molecule has 2 rings (SSSR count). The van der Waals surface area contributed by atoms with Crippen LogP contribution in [0.2, 0.25) is 0 Å². The summed E-state index contributed by atoms with van der Waals surface area (Å²) in [5.74, 6) is -0.284. The lowest BCUT2D eigenvalue weighted by atomic mass is 9.85. The van der Waals surface area contributed by atoms with Gasteiger partial charge in [0.15, 0.2) is 0 Å². The predicted octanol–water partition coefficient (Wildman–Crippen LogP) is 2.10. The van der Waals surface area contributed by atoms with Crippen molar-refractivity contribution in [1.29, 1.82) is 0 Å². The molecule has 2 heterocycles. The molecule has 2 aliphatic rings. The number of nitrogens with one attached hydrogen (secondary N) is 1. The van der Waals surface area contributed by atoms with Gasteiger partial charge in [-0.05, 0) is 46.0 Å². The lowest BCUT2D eigenvalue weighted by Crippen LogP contribution is -2.56. The normalized spacial score (nSPS) is 21.1. The van der Waals surface area contributed by atoms with Crippen LogP contribution in [0.4, 0.5) is 4.79 Å². The van der Waals surface area contributed by atoms with Gasteiger partial charge in [0.25, 0.3) is 0 Å². The fourth-order valence-electron chi connectivity index (χ4n) is 4.12. The van der Waals surface area contributed by atoms with Gasteiger partial charge in [0.05, 0.1) is 6.61 Å². The van der Waals surface area contributed by atoms with Crippen LogP contribution < -0.4 is 5.32 Å². The van der Waals surface area contributed by atoms with E-state index in [1.807, 2.05) is 46.4 Å². The largest absolute Gasteiger partial charge is 0.444 e. The maximum absolute atomic E-state index is 13.1. The highest BCUT2D eigenvalue weighted by Gasteiger charge is 2.38. The van der Waals surface area contributed by atoms with Crippen molar-refractivity contribution in [1.82, 2.24) is 20.0 Å². The highest BCUT2D eigenvalue weighted by Crippen LogP contribution is 2.25. The number of ether oxygens (including phenoxy) is 2. The molecule has 2 fully saturated rings. The van der Waals surface area contributed by atoms with Crippen LogP contribution in [-0.2, 0) is 19.1 Å². The second-order valence-corrected chi connectivity index (χ2v) is 11.3. The lowest BCUT2D eigenvalue weighted by molar-refractivity contribution is -0.141. The van der Waals surface area contributed by atoms with Crippen LogP contribution in [0.25, 0.3) is 0 Å². The monoisotopic (exact) mass is 468 g/mol. The number of hydrogen-bond acceptors (Lipinski definition) is 6. The van der Waals surface area contributed by atoms with Crippen LogP contribution in [0.15, 0.2) is 0 Å². The second kappa shape index (κ2) is 11.5. The van der Waals surface area contributed by atoms with E-state index in [1.54, 1.807) is 4.90 Å². The van der Waals surface area contributed by atoms with Gasteiger partial charge in [0, 0.05) is 45.3 Å². The first-order valence-electron chi connectivity index (χ1n) is 12.2. The van der Waals surface area contributed by atoms with Crippen molar-refractivity contribution in [3.63, 3.8) is 0 Å². The summed E-state index contributed by atoms with van der Waals surface area (Å²) in [6, 6.07) is -0.360. The average molecular weight is 469 g/mol.